The Morgan fingerprint density at radius 2 is 1.74 bits per heavy atom. The molecule has 31 heavy (non-hydrogen) atoms. The molecule has 0 fully saturated rings. The van der Waals surface area contributed by atoms with Crippen LogP contribution in [0.25, 0.3) is 0 Å². The summed E-state index contributed by atoms with van der Waals surface area (Å²) in [4.78, 5) is 24.3. The van der Waals surface area contributed by atoms with Gasteiger partial charge in [-0.05, 0) is 64.5 Å². The van der Waals surface area contributed by atoms with Gasteiger partial charge in [0.2, 0.25) is 0 Å². The lowest BCUT2D eigenvalue weighted by molar-refractivity contribution is -0.123. The Morgan fingerprint density at radius 1 is 1.00 bits per heavy atom. The van der Waals surface area contributed by atoms with Gasteiger partial charge in [0.05, 0.1) is 16.3 Å². The third-order valence-electron chi connectivity index (χ3n) is 3.83. The minimum atomic E-state index is -0.497. The summed E-state index contributed by atoms with van der Waals surface area (Å²) < 4.78 is 12.3. The number of hydrogen-bond acceptors (Lipinski definition) is 5. The van der Waals surface area contributed by atoms with E-state index >= 15 is 0 Å². The van der Waals surface area contributed by atoms with E-state index in [0.717, 1.165) is 4.47 Å². The third-order valence-corrected chi connectivity index (χ3v) is 5.18. The van der Waals surface area contributed by atoms with Crippen molar-refractivity contribution in [1.29, 1.82) is 0 Å². The van der Waals surface area contributed by atoms with E-state index in [9.17, 15) is 9.59 Å². The van der Waals surface area contributed by atoms with Gasteiger partial charge >= 0.3 is 5.97 Å². The molecule has 0 unspecified atom stereocenters. The molecule has 0 aromatic heterocycles. The van der Waals surface area contributed by atoms with Gasteiger partial charge in [-0.25, -0.2) is 10.2 Å². The maximum Gasteiger partial charge on any atom is 0.343 e. The second kappa shape index (κ2) is 11.1. The zero-order valence-electron chi connectivity index (χ0n) is 15.8. The van der Waals surface area contributed by atoms with Crippen molar-refractivity contribution in [2.45, 2.75) is 0 Å². The number of hydrazone groups is 1. The van der Waals surface area contributed by atoms with Crippen molar-refractivity contribution in [2.24, 2.45) is 5.10 Å². The van der Waals surface area contributed by atoms with Crippen LogP contribution in [-0.2, 0) is 4.79 Å². The Kier molecular flexibility index (Phi) is 8.22. The second-order valence-corrected chi connectivity index (χ2v) is 8.30. The monoisotopic (exact) mass is 564 g/mol. The highest BCUT2D eigenvalue weighted by atomic mass is 79.9. The Balaban J connectivity index is 1.61. The van der Waals surface area contributed by atoms with Crippen molar-refractivity contribution in [2.75, 3.05) is 6.61 Å². The van der Waals surface area contributed by atoms with Gasteiger partial charge in [-0.2, -0.15) is 5.10 Å². The molecule has 0 aliphatic heterocycles. The van der Waals surface area contributed by atoms with E-state index in [2.05, 4.69) is 42.4 Å². The van der Waals surface area contributed by atoms with Crippen LogP contribution in [0, 0.1) is 0 Å². The lowest BCUT2D eigenvalue weighted by atomic mass is 10.2. The molecule has 3 rings (SSSR count). The molecule has 1 amide bonds. The van der Waals surface area contributed by atoms with Gasteiger partial charge in [-0.1, -0.05) is 45.7 Å². The van der Waals surface area contributed by atoms with E-state index in [0.29, 0.717) is 32.1 Å². The van der Waals surface area contributed by atoms with Crippen molar-refractivity contribution in [3.05, 3.63) is 91.8 Å². The molecule has 0 saturated carbocycles. The average Bonchev–Trinajstić information content (AvgIpc) is 2.75. The van der Waals surface area contributed by atoms with Gasteiger partial charge in [-0.3, -0.25) is 4.79 Å². The lowest BCUT2D eigenvalue weighted by Crippen LogP contribution is -2.24. The molecule has 0 atom stereocenters. The molecule has 158 valence electrons. The number of esters is 1. The summed E-state index contributed by atoms with van der Waals surface area (Å²) in [7, 11) is 0. The number of rotatable bonds is 7. The Hall–Kier alpha value is -2.68. The summed E-state index contributed by atoms with van der Waals surface area (Å²) in [6.45, 7) is -0.244. The van der Waals surface area contributed by atoms with Crippen LogP contribution >= 0.6 is 43.5 Å². The number of hydrogen-bond donors (Lipinski definition) is 1. The van der Waals surface area contributed by atoms with E-state index in [1.165, 1.54) is 6.21 Å². The predicted octanol–water partition coefficient (Wildman–Crippen LogP) is 5.61. The van der Waals surface area contributed by atoms with Crippen LogP contribution in [0.4, 0.5) is 0 Å². The second-order valence-electron chi connectivity index (χ2n) is 6.09. The summed E-state index contributed by atoms with van der Waals surface area (Å²) in [5, 5.41) is 4.47. The SMILES string of the molecule is O=C(COc1ccc(Cl)cc1Br)N/N=C/c1cc(Br)ccc1OC(=O)c1ccccc1. The normalized spacial score (nSPS) is 10.7. The van der Waals surface area contributed by atoms with Gasteiger partial charge in [0.1, 0.15) is 11.5 Å². The number of nitrogens with one attached hydrogen (secondary N) is 1. The van der Waals surface area contributed by atoms with E-state index in [1.54, 1.807) is 60.7 Å². The van der Waals surface area contributed by atoms with E-state index in [-0.39, 0.29) is 6.61 Å². The van der Waals surface area contributed by atoms with Gasteiger partial charge in [0, 0.05) is 15.1 Å². The third kappa shape index (κ3) is 6.92. The molecule has 3 aromatic carbocycles. The molecular formula is C22H15Br2ClN2O4. The minimum Gasteiger partial charge on any atom is -0.483 e. The van der Waals surface area contributed by atoms with Crippen molar-refractivity contribution in [3.63, 3.8) is 0 Å². The number of halogens is 3. The molecule has 0 saturated heterocycles. The molecule has 1 N–H and O–H groups in total. The average molecular weight is 567 g/mol. The summed E-state index contributed by atoms with van der Waals surface area (Å²) >= 11 is 12.6. The number of carbonyl (C=O) groups is 2. The first-order valence-corrected chi connectivity index (χ1v) is 10.9. The summed E-state index contributed by atoms with van der Waals surface area (Å²) in [6, 6.07) is 18.7. The highest BCUT2D eigenvalue weighted by Crippen LogP contribution is 2.28. The Labute approximate surface area is 200 Å². The van der Waals surface area contributed by atoms with Crippen LogP contribution < -0.4 is 14.9 Å². The van der Waals surface area contributed by atoms with Gasteiger partial charge in [0.15, 0.2) is 6.61 Å². The fourth-order valence-electron chi connectivity index (χ4n) is 2.39. The first-order chi connectivity index (χ1) is 14.9. The summed E-state index contributed by atoms with van der Waals surface area (Å²) in [6.07, 6.45) is 1.38. The number of benzene rings is 3. The standard InChI is InChI=1S/C22H15Br2ClN2O4/c23-16-6-8-19(31-22(29)14-4-2-1-3-5-14)15(10-16)12-26-27-21(28)13-30-20-9-7-17(25)11-18(20)24/h1-12H,13H2,(H,27,28)/b26-12+. The lowest BCUT2D eigenvalue weighted by Gasteiger charge is -2.08. The van der Waals surface area contributed by atoms with E-state index in [4.69, 9.17) is 21.1 Å². The Bertz CT molecular complexity index is 1120. The highest BCUT2D eigenvalue weighted by molar-refractivity contribution is 9.10. The minimum absolute atomic E-state index is 0.244. The van der Waals surface area contributed by atoms with Crippen molar-refractivity contribution >= 4 is 61.6 Å². The number of carbonyl (C=O) groups excluding carboxylic acids is 2. The van der Waals surface area contributed by atoms with Crippen molar-refractivity contribution in [1.82, 2.24) is 5.43 Å². The zero-order chi connectivity index (χ0) is 22.2. The van der Waals surface area contributed by atoms with Crippen molar-refractivity contribution in [3.8, 4) is 11.5 Å². The van der Waals surface area contributed by atoms with E-state index in [1.807, 2.05) is 6.07 Å². The molecule has 6 nitrogen and oxygen atoms in total. The molecule has 9 heteroatoms. The first kappa shape index (κ1) is 23.0. The molecule has 0 aliphatic rings. The molecule has 0 radical (unpaired) electrons. The topological polar surface area (TPSA) is 77.0 Å². The largest absolute Gasteiger partial charge is 0.483 e. The molecule has 0 heterocycles. The maximum atomic E-state index is 12.3. The Morgan fingerprint density at radius 3 is 2.48 bits per heavy atom. The predicted molar refractivity (Wildman–Crippen MR) is 126 cm³/mol. The number of ether oxygens (including phenoxy) is 2. The maximum absolute atomic E-state index is 12.3. The fraction of sp³-hybridized carbons (Fsp3) is 0.0455. The molecule has 0 bridgehead atoms. The van der Waals surface area contributed by atoms with Crippen LogP contribution in [0.1, 0.15) is 15.9 Å². The first-order valence-electron chi connectivity index (χ1n) is 8.89. The van der Waals surface area contributed by atoms with Crippen LogP contribution in [-0.4, -0.2) is 24.7 Å². The van der Waals surface area contributed by atoms with Crippen LogP contribution in [0.2, 0.25) is 5.02 Å². The van der Waals surface area contributed by atoms with Crippen LogP contribution in [0.3, 0.4) is 0 Å². The molecular weight excluding hydrogens is 552 g/mol. The molecule has 3 aromatic rings. The van der Waals surface area contributed by atoms with Crippen LogP contribution in [0.15, 0.2) is 80.8 Å². The fourth-order valence-corrected chi connectivity index (χ4v) is 3.56. The van der Waals surface area contributed by atoms with Crippen molar-refractivity contribution < 1.29 is 19.1 Å². The molecule has 0 aliphatic carbocycles. The van der Waals surface area contributed by atoms with Gasteiger partial charge < -0.3 is 9.47 Å². The van der Waals surface area contributed by atoms with Gasteiger partial charge in [-0.15, -0.1) is 0 Å². The van der Waals surface area contributed by atoms with E-state index < -0.39 is 11.9 Å². The summed E-state index contributed by atoms with van der Waals surface area (Å²) in [5.41, 5.74) is 3.30. The van der Waals surface area contributed by atoms with Gasteiger partial charge in [0.25, 0.3) is 5.91 Å². The number of nitrogens with zero attached hydrogens (tertiary/aromatic N) is 1. The zero-order valence-corrected chi connectivity index (χ0v) is 19.8. The van der Waals surface area contributed by atoms with Crippen LogP contribution in [0.5, 0.6) is 11.5 Å². The quantitative estimate of drug-likeness (QED) is 0.175. The highest BCUT2D eigenvalue weighted by Gasteiger charge is 2.11. The number of amides is 1. The smallest absolute Gasteiger partial charge is 0.343 e. The molecule has 0 spiro atoms. The summed E-state index contributed by atoms with van der Waals surface area (Å²) in [5.74, 6) is -0.179.